The van der Waals surface area contributed by atoms with Crippen LogP contribution >= 0.6 is 0 Å². The molecule has 0 bridgehead atoms. The average molecular weight is 405 g/mol. The van der Waals surface area contributed by atoms with E-state index in [1.165, 1.54) is 96.3 Å². The largest absolute Gasteiger partial charge is 0.481 e. The van der Waals surface area contributed by atoms with E-state index in [0.29, 0.717) is 5.41 Å². The molecule has 0 aliphatic heterocycles. The molecular formula is C27H48O2. The molecule has 0 aromatic carbocycles. The van der Waals surface area contributed by atoms with Gasteiger partial charge in [-0.1, -0.05) is 78.1 Å². The molecule has 0 aromatic heterocycles. The summed E-state index contributed by atoms with van der Waals surface area (Å²) in [7, 11) is 0. The summed E-state index contributed by atoms with van der Waals surface area (Å²) in [4.78, 5) is 12.1. The van der Waals surface area contributed by atoms with Gasteiger partial charge in [-0.15, -0.1) is 0 Å². The summed E-state index contributed by atoms with van der Waals surface area (Å²) in [6.07, 6.45) is 24.8. The lowest BCUT2D eigenvalue weighted by atomic mass is 9.51. The molecule has 168 valence electrons. The summed E-state index contributed by atoms with van der Waals surface area (Å²) in [6, 6.07) is 0. The normalized spacial score (nSPS) is 35.3. The van der Waals surface area contributed by atoms with E-state index in [0.717, 1.165) is 43.4 Å². The van der Waals surface area contributed by atoms with Gasteiger partial charge >= 0.3 is 5.97 Å². The van der Waals surface area contributed by atoms with Crippen molar-refractivity contribution in [2.45, 2.75) is 136 Å². The minimum Gasteiger partial charge on any atom is -0.481 e. The van der Waals surface area contributed by atoms with Gasteiger partial charge in [0.1, 0.15) is 0 Å². The molecule has 0 aromatic rings. The van der Waals surface area contributed by atoms with Gasteiger partial charge in [0.15, 0.2) is 0 Å². The summed E-state index contributed by atoms with van der Waals surface area (Å²) in [5.74, 6) is 2.21. The lowest BCUT2D eigenvalue weighted by molar-refractivity contribution is -0.154. The lowest BCUT2D eigenvalue weighted by Crippen LogP contribution is -2.45. The van der Waals surface area contributed by atoms with E-state index in [4.69, 9.17) is 0 Å². The first kappa shape index (κ1) is 23.1. The zero-order valence-electron chi connectivity index (χ0n) is 19.5. The molecule has 3 saturated carbocycles. The molecule has 0 saturated heterocycles. The Morgan fingerprint density at radius 2 is 1.41 bits per heavy atom. The van der Waals surface area contributed by atoms with Crippen LogP contribution in [-0.4, -0.2) is 11.1 Å². The van der Waals surface area contributed by atoms with Crippen molar-refractivity contribution >= 4 is 5.97 Å². The predicted molar refractivity (Wildman–Crippen MR) is 122 cm³/mol. The van der Waals surface area contributed by atoms with Crippen molar-refractivity contribution in [2.75, 3.05) is 0 Å². The first-order chi connectivity index (χ1) is 14.1. The molecular weight excluding hydrogens is 356 g/mol. The Labute approximate surface area is 180 Å². The van der Waals surface area contributed by atoms with E-state index in [-0.39, 0.29) is 0 Å². The number of carboxylic acid groups (broad SMARTS) is 1. The minimum atomic E-state index is -0.511. The van der Waals surface area contributed by atoms with E-state index in [1.807, 2.05) is 0 Å². The fraction of sp³-hybridized carbons (Fsp3) is 0.963. The standard InChI is InChI=1S/C27H48O2/c1-3-5-7-10-22-11-13-23(14-12-22)27(18-8-6-9-19-27)24-15-20-26(17-4-2,21-16-24)25(28)29/h22-24H,3-21H2,1-2H3,(H,28,29). The maximum Gasteiger partial charge on any atom is 0.309 e. The number of carbonyl (C=O) groups is 1. The highest BCUT2D eigenvalue weighted by molar-refractivity contribution is 5.74. The molecule has 3 aliphatic rings. The smallest absolute Gasteiger partial charge is 0.309 e. The molecule has 1 N–H and O–H groups in total. The zero-order chi connectivity index (χ0) is 20.7. The van der Waals surface area contributed by atoms with Crippen molar-refractivity contribution in [1.29, 1.82) is 0 Å². The van der Waals surface area contributed by atoms with Crippen LogP contribution in [0.3, 0.4) is 0 Å². The van der Waals surface area contributed by atoms with Gasteiger partial charge in [-0.2, -0.15) is 0 Å². The fourth-order valence-corrected chi connectivity index (χ4v) is 7.86. The topological polar surface area (TPSA) is 37.3 Å². The van der Waals surface area contributed by atoms with Gasteiger partial charge in [0.05, 0.1) is 5.41 Å². The molecule has 3 fully saturated rings. The maximum absolute atomic E-state index is 12.1. The van der Waals surface area contributed by atoms with Crippen LogP contribution in [0.5, 0.6) is 0 Å². The molecule has 29 heavy (non-hydrogen) atoms. The predicted octanol–water partition coefficient (Wildman–Crippen LogP) is 8.38. The average Bonchev–Trinajstić information content (AvgIpc) is 2.75. The second kappa shape index (κ2) is 10.7. The number of unbranched alkanes of at least 4 members (excludes halogenated alkanes) is 2. The Kier molecular flexibility index (Phi) is 8.51. The number of hydrogen-bond donors (Lipinski definition) is 1. The highest BCUT2D eigenvalue weighted by Gasteiger charge is 2.50. The molecule has 0 radical (unpaired) electrons. The van der Waals surface area contributed by atoms with Gasteiger partial charge in [0, 0.05) is 0 Å². The van der Waals surface area contributed by atoms with E-state index in [9.17, 15) is 9.90 Å². The molecule has 3 aliphatic carbocycles. The van der Waals surface area contributed by atoms with Gasteiger partial charge in [-0.05, 0) is 81.0 Å². The van der Waals surface area contributed by atoms with Crippen LogP contribution in [0, 0.1) is 28.6 Å². The molecule has 0 amide bonds. The van der Waals surface area contributed by atoms with Crippen molar-refractivity contribution in [3.05, 3.63) is 0 Å². The summed E-state index contributed by atoms with van der Waals surface area (Å²) >= 11 is 0. The van der Waals surface area contributed by atoms with Crippen LogP contribution in [0.4, 0.5) is 0 Å². The van der Waals surface area contributed by atoms with Crippen LogP contribution in [0.2, 0.25) is 0 Å². The van der Waals surface area contributed by atoms with Crippen LogP contribution < -0.4 is 0 Å². The third-order valence-corrected chi connectivity index (χ3v) is 9.60. The molecule has 0 unspecified atom stereocenters. The quantitative estimate of drug-likeness (QED) is 0.392. The first-order valence-electron chi connectivity index (χ1n) is 13.3. The highest BCUT2D eigenvalue weighted by atomic mass is 16.4. The minimum absolute atomic E-state index is 0.405. The van der Waals surface area contributed by atoms with Crippen LogP contribution in [0.1, 0.15) is 136 Å². The van der Waals surface area contributed by atoms with E-state index in [2.05, 4.69) is 13.8 Å². The third-order valence-electron chi connectivity index (χ3n) is 9.60. The van der Waals surface area contributed by atoms with Crippen molar-refractivity contribution in [3.8, 4) is 0 Å². The second-order valence-electron chi connectivity index (χ2n) is 11.1. The molecule has 2 nitrogen and oxygen atoms in total. The molecule has 0 atom stereocenters. The number of aliphatic carboxylic acids is 1. The number of rotatable bonds is 9. The van der Waals surface area contributed by atoms with Crippen molar-refractivity contribution in [2.24, 2.45) is 28.6 Å². The molecule has 0 heterocycles. The van der Waals surface area contributed by atoms with E-state index in [1.54, 1.807) is 0 Å². The molecule has 3 rings (SSSR count). The van der Waals surface area contributed by atoms with Crippen molar-refractivity contribution in [1.82, 2.24) is 0 Å². The molecule has 0 spiro atoms. The van der Waals surface area contributed by atoms with Gasteiger partial charge in [0.2, 0.25) is 0 Å². The SMILES string of the molecule is CCCCCC1CCC(C2(C3CCC(CCC)(C(=O)O)CC3)CCCCC2)CC1. The summed E-state index contributed by atoms with van der Waals surface area (Å²) in [5, 5.41) is 9.95. The third kappa shape index (κ3) is 5.21. The fourth-order valence-electron chi connectivity index (χ4n) is 7.86. The second-order valence-corrected chi connectivity index (χ2v) is 11.1. The number of hydrogen-bond acceptors (Lipinski definition) is 1. The Bertz CT molecular complexity index is 489. The monoisotopic (exact) mass is 404 g/mol. The van der Waals surface area contributed by atoms with Crippen molar-refractivity contribution < 1.29 is 9.90 Å². The number of carboxylic acids is 1. The lowest BCUT2D eigenvalue weighted by Gasteiger charge is -2.54. The Hall–Kier alpha value is -0.530. The Balaban J connectivity index is 1.63. The Morgan fingerprint density at radius 1 is 0.793 bits per heavy atom. The van der Waals surface area contributed by atoms with Crippen LogP contribution in [0.25, 0.3) is 0 Å². The summed E-state index contributed by atoms with van der Waals surface area (Å²) in [6.45, 7) is 4.46. The van der Waals surface area contributed by atoms with Crippen LogP contribution in [-0.2, 0) is 4.79 Å². The van der Waals surface area contributed by atoms with Gasteiger partial charge in [-0.25, -0.2) is 0 Å². The van der Waals surface area contributed by atoms with Crippen LogP contribution in [0.15, 0.2) is 0 Å². The highest BCUT2D eigenvalue weighted by Crippen LogP contribution is 2.59. The first-order valence-corrected chi connectivity index (χ1v) is 13.3. The Morgan fingerprint density at radius 3 is 1.97 bits per heavy atom. The zero-order valence-corrected chi connectivity index (χ0v) is 19.5. The van der Waals surface area contributed by atoms with E-state index >= 15 is 0 Å². The van der Waals surface area contributed by atoms with Gasteiger partial charge in [0.25, 0.3) is 0 Å². The van der Waals surface area contributed by atoms with Crippen molar-refractivity contribution in [3.63, 3.8) is 0 Å². The summed E-state index contributed by atoms with van der Waals surface area (Å²) < 4.78 is 0. The van der Waals surface area contributed by atoms with Gasteiger partial charge in [-0.3, -0.25) is 4.79 Å². The molecule has 2 heteroatoms. The van der Waals surface area contributed by atoms with E-state index < -0.39 is 11.4 Å². The maximum atomic E-state index is 12.1. The summed E-state index contributed by atoms with van der Waals surface area (Å²) in [5.41, 5.74) is 0.154. The van der Waals surface area contributed by atoms with Gasteiger partial charge < -0.3 is 5.11 Å².